The highest BCUT2D eigenvalue weighted by molar-refractivity contribution is 14.1. The molecule has 2 atom stereocenters. The molecule has 0 bridgehead atoms. The van der Waals surface area contributed by atoms with Crippen molar-refractivity contribution in [3.8, 4) is 0 Å². The van der Waals surface area contributed by atoms with Crippen LogP contribution in [-0.4, -0.2) is 47.3 Å². The lowest BCUT2D eigenvalue weighted by Gasteiger charge is -2.15. The molecule has 0 radical (unpaired) electrons. The van der Waals surface area contributed by atoms with Gasteiger partial charge >= 0.3 is 0 Å². The number of hydrogen-bond donors (Lipinski definition) is 4. The van der Waals surface area contributed by atoms with Gasteiger partial charge in [-0.25, -0.2) is 0 Å². The van der Waals surface area contributed by atoms with Crippen LogP contribution < -0.4 is 21.7 Å². The summed E-state index contributed by atoms with van der Waals surface area (Å²) in [4.78, 5) is 33.7. The van der Waals surface area contributed by atoms with Crippen LogP contribution in [0.1, 0.15) is 13.8 Å². The summed E-state index contributed by atoms with van der Waals surface area (Å²) < 4.78 is 0.382. The largest absolute Gasteiger partial charge is 0.354 e. The SMILES string of the molecule is CC(N)C(=O)NC(C)C(=O)NCCNC(=O)CI. The molecule has 0 heterocycles. The Morgan fingerprint density at radius 1 is 1.11 bits per heavy atom. The second kappa shape index (κ2) is 9.09. The van der Waals surface area contributed by atoms with E-state index in [0.717, 1.165) is 0 Å². The molecule has 104 valence electrons. The number of rotatable bonds is 7. The molecule has 0 aromatic rings. The van der Waals surface area contributed by atoms with Crippen LogP contribution >= 0.6 is 22.6 Å². The Bertz CT molecular complexity index is 309. The van der Waals surface area contributed by atoms with Gasteiger partial charge in [-0.3, -0.25) is 14.4 Å². The minimum atomic E-state index is -0.650. The van der Waals surface area contributed by atoms with Crippen molar-refractivity contribution in [2.45, 2.75) is 25.9 Å². The lowest BCUT2D eigenvalue weighted by molar-refractivity contribution is -0.129. The van der Waals surface area contributed by atoms with Gasteiger partial charge in [-0.05, 0) is 13.8 Å². The Morgan fingerprint density at radius 2 is 1.67 bits per heavy atom. The zero-order valence-electron chi connectivity index (χ0n) is 10.5. The summed E-state index contributed by atoms with van der Waals surface area (Å²) in [5.74, 6) is -0.772. The van der Waals surface area contributed by atoms with Crippen LogP contribution in [0.15, 0.2) is 0 Å². The molecule has 8 heteroatoms. The van der Waals surface area contributed by atoms with Gasteiger partial charge in [0.25, 0.3) is 0 Å². The molecular weight excluding hydrogens is 351 g/mol. The second-order valence-corrected chi connectivity index (χ2v) is 4.56. The summed E-state index contributed by atoms with van der Waals surface area (Å²) in [6, 6.07) is -1.30. The zero-order chi connectivity index (χ0) is 14.1. The normalized spacial score (nSPS) is 13.3. The molecule has 0 rings (SSSR count). The second-order valence-electron chi connectivity index (χ2n) is 3.79. The number of alkyl halides is 1. The van der Waals surface area contributed by atoms with Gasteiger partial charge in [0.2, 0.25) is 17.7 Å². The van der Waals surface area contributed by atoms with Crippen molar-refractivity contribution >= 4 is 40.3 Å². The maximum absolute atomic E-state index is 11.5. The molecule has 0 aliphatic carbocycles. The van der Waals surface area contributed by atoms with Gasteiger partial charge in [-0.2, -0.15) is 0 Å². The molecule has 0 aliphatic heterocycles. The summed E-state index contributed by atoms with van der Waals surface area (Å²) >= 11 is 1.95. The number of nitrogens with one attached hydrogen (secondary N) is 3. The number of hydrogen-bond acceptors (Lipinski definition) is 4. The number of carbonyl (C=O) groups is 3. The average molecular weight is 370 g/mol. The number of amides is 3. The van der Waals surface area contributed by atoms with Gasteiger partial charge in [0, 0.05) is 13.1 Å². The molecule has 0 spiro atoms. The molecule has 0 fully saturated rings. The fourth-order valence-electron chi connectivity index (χ4n) is 0.998. The first-order valence-electron chi connectivity index (χ1n) is 5.54. The highest BCUT2D eigenvalue weighted by Gasteiger charge is 2.16. The first-order chi connectivity index (χ1) is 8.38. The monoisotopic (exact) mass is 370 g/mol. The molecule has 0 saturated carbocycles. The molecule has 7 nitrogen and oxygen atoms in total. The van der Waals surface area contributed by atoms with Crippen LogP contribution in [0, 0.1) is 0 Å². The maximum Gasteiger partial charge on any atom is 0.242 e. The smallest absolute Gasteiger partial charge is 0.242 e. The Kier molecular flexibility index (Phi) is 8.63. The number of carbonyl (C=O) groups excluding carboxylic acids is 3. The van der Waals surface area contributed by atoms with E-state index in [-0.39, 0.29) is 17.7 Å². The predicted molar refractivity (Wildman–Crippen MR) is 76.2 cm³/mol. The lowest BCUT2D eigenvalue weighted by atomic mass is 10.2. The zero-order valence-corrected chi connectivity index (χ0v) is 12.6. The summed E-state index contributed by atoms with van der Waals surface area (Å²) in [5, 5.41) is 7.69. The molecule has 18 heavy (non-hydrogen) atoms. The van der Waals surface area contributed by atoms with Crippen LogP contribution in [0.3, 0.4) is 0 Å². The number of nitrogens with two attached hydrogens (primary N) is 1. The summed E-state index contributed by atoms with van der Waals surface area (Å²) in [7, 11) is 0. The molecule has 0 aromatic heterocycles. The minimum Gasteiger partial charge on any atom is -0.354 e. The fourth-order valence-corrected chi connectivity index (χ4v) is 1.27. The van der Waals surface area contributed by atoms with Gasteiger partial charge < -0.3 is 21.7 Å². The van der Waals surface area contributed by atoms with Crippen LogP contribution in [0.5, 0.6) is 0 Å². The summed E-state index contributed by atoms with van der Waals surface area (Å²) in [5.41, 5.74) is 5.36. The van der Waals surface area contributed by atoms with E-state index < -0.39 is 12.1 Å². The van der Waals surface area contributed by atoms with Gasteiger partial charge in [-0.15, -0.1) is 0 Å². The summed E-state index contributed by atoms with van der Waals surface area (Å²) in [6.07, 6.45) is 0. The topological polar surface area (TPSA) is 113 Å². The van der Waals surface area contributed by atoms with E-state index in [0.29, 0.717) is 17.5 Å². The van der Waals surface area contributed by atoms with Crippen molar-refractivity contribution in [2.75, 3.05) is 17.5 Å². The standard InChI is InChI=1S/C10H19IN4O3/c1-6(12)9(17)15-7(2)10(18)14-4-3-13-8(16)5-11/h6-7H,3-5,12H2,1-2H3,(H,13,16)(H,14,18)(H,15,17). The molecule has 0 aliphatic rings. The van der Waals surface area contributed by atoms with Crippen LogP contribution in [0.25, 0.3) is 0 Å². The third kappa shape index (κ3) is 7.43. The third-order valence-electron chi connectivity index (χ3n) is 2.03. The van der Waals surface area contributed by atoms with Gasteiger partial charge in [-0.1, -0.05) is 22.6 Å². The number of halogens is 1. The van der Waals surface area contributed by atoms with Gasteiger partial charge in [0.15, 0.2) is 0 Å². The molecule has 0 aromatic carbocycles. The highest BCUT2D eigenvalue weighted by Crippen LogP contribution is 1.84. The van der Waals surface area contributed by atoms with Crippen LogP contribution in [0.2, 0.25) is 0 Å². The van der Waals surface area contributed by atoms with Crippen LogP contribution in [0.4, 0.5) is 0 Å². The van der Waals surface area contributed by atoms with Crippen molar-refractivity contribution < 1.29 is 14.4 Å². The minimum absolute atomic E-state index is 0.0804. The highest BCUT2D eigenvalue weighted by atomic mass is 127. The van der Waals surface area contributed by atoms with Crippen molar-refractivity contribution in [3.63, 3.8) is 0 Å². The van der Waals surface area contributed by atoms with E-state index in [4.69, 9.17) is 5.73 Å². The van der Waals surface area contributed by atoms with Crippen molar-refractivity contribution in [1.29, 1.82) is 0 Å². The van der Waals surface area contributed by atoms with E-state index in [2.05, 4.69) is 16.0 Å². The molecule has 2 unspecified atom stereocenters. The predicted octanol–water partition coefficient (Wildman–Crippen LogP) is -1.49. The van der Waals surface area contributed by atoms with Crippen molar-refractivity contribution in [2.24, 2.45) is 5.73 Å². The van der Waals surface area contributed by atoms with Crippen LogP contribution in [-0.2, 0) is 14.4 Å². The first-order valence-corrected chi connectivity index (χ1v) is 7.07. The van der Waals surface area contributed by atoms with E-state index in [1.54, 1.807) is 13.8 Å². The maximum atomic E-state index is 11.5. The quantitative estimate of drug-likeness (QED) is 0.248. The van der Waals surface area contributed by atoms with E-state index in [9.17, 15) is 14.4 Å². The van der Waals surface area contributed by atoms with Gasteiger partial charge in [0.1, 0.15) is 6.04 Å². The Balaban J connectivity index is 3.81. The first kappa shape index (κ1) is 17.1. The molecule has 0 saturated heterocycles. The van der Waals surface area contributed by atoms with E-state index in [1.165, 1.54) is 0 Å². The molecule has 3 amide bonds. The fraction of sp³-hybridized carbons (Fsp3) is 0.700. The Labute approximate surface area is 120 Å². The lowest BCUT2D eigenvalue weighted by Crippen LogP contribution is -2.50. The third-order valence-corrected chi connectivity index (χ3v) is 2.73. The Hall–Kier alpha value is -0.900. The van der Waals surface area contributed by atoms with Crippen molar-refractivity contribution in [1.82, 2.24) is 16.0 Å². The van der Waals surface area contributed by atoms with Crippen molar-refractivity contribution in [3.05, 3.63) is 0 Å². The molecular formula is C10H19IN4O3. The Morgan fingerprint density at radius 3 is 2.17 bits per heavy atom. The van der Waals surface area contributed by atoms with E-state index in [1.807, 2.05) is 22.6 Å². The van der Waals surface area contributed by atoms with Gasteiger partial charge in [0.05, 0.1) is 10.5 Å². The summed E-state index contributed by atoms with van der Waals surface area (Å²) in [6.45, 7) is 3.79. The van der Waals surface area contributed by atoms with E-state index >= 15 is 0 Å². The average Bonchev–Trinajstić information content (AvgIpc) is 2.33. The molecule has 5 N–H and O–H groups in total.